The molecule has 1 aliphatic heterocycles. The molecule has 1 amide bonds. The van der Waals surface area contributed by atoms with Crippen molar-refractivity contribution in [2.75, 3.05) is 19.7 Å². The molecule has 0 bridgehead atoms. The van der Waals surface area contributed by atoms with E-state index in [2.05, 4.69) is 12.0 Å². The molecule has 0 spiro atoms. The Labute approximate surface area is 148 Å². The summed E-state index contributed by atoms with van der Waals surface area (Å²) in [6, 6.07) is 5.93. The van der Waals surface area contributed by atoms with Gasteiger partial charge in [0.15, 0.2) is 0 Å². The van der Waals surface area contributed by atoms with Gasteiger partial charge >= 0.3 is 0 Å². The van der Waals surface area contributed by atoms with Gasteiger partial charge in [-0.2, -0.15) is 5.10 Å². The van der Waals surface area contributed by atoms with Crippen LogP contribution in [0.5, 0.6) is 5.75 Å². The maximum atomic E-state index is 12.4. The normalized spacial score (nSPS) is 16.7. The molecule has 0 radical (unpaired) electrons. The highest BCUT2D eigenvalue weighted by atomic mass is 16.5. The van der Waals surface area contributed by atoms with Gasteiger partial charge in [-0.05, 0) is 49.9 Å². The Morgan fingerprint density at radius 1 is 1.28 bits per heavy atom. The number of hydrogen-bond donors (Lipinski definition) is 1. The highest BCUT2D eigenvalue weighted by molar-refractivity contribution is 5.93. The fourth-order valence-corrected chi connectivity index (χ4v) is 3.01. The SMILES string of the molecule is Cc1ccc(OCC2(O)CCN(C(=O)c3cnn(C)c3)CC2)cc1C. The number of ether oxygens (including phenoxy) is 1. The third kappa shape index (κ3) is 4.02. The summed E-state index contributed by atoms with van der Waals surface area (Å²) < 4.78 is 7.42. The Morgan fingerprint density at radius 3 is 2.60 bits per heavy atom. The van der Waals surface area contributed by atoms with Crippen LogP contribution in [0.15, 0.2) is 30.6 Å². The number of piperidine rings is 1. The van der Waals surface area contributed by atoms with Crippen molar-refractivity contribution in [1.82, 2.24) is 14.7 Å². The van der Waals surface area contributed by atoms with Gasteiger partial charge in [-0.15, -0.1) is 0 Å². The number of hydrogen-bond acceptors (Lipinski definition) is 4. The molecule has 0 saturated carbocycles. The van der Waals surface area contributed by atoms with Crippen LogP contribution in [0.4, 0.5) is 0 Å². The van der Waals surface area contributed by atoms with E-state index >= 15 is 0 Å². The fourth-order valence-electron chi connectivity index (χ4n) is 3.01. The van der Waals surface area contributed by atoms with Gasteiger partial charge in [0.25, 0.3) is 5.91 Å². The fraction of sp³-hybridized carbons (Fsp3) is 0.474. The number of aryl methyl sites for hydroxylation is 3. The molecule has 3 rings (SSSR count). The minimum absolute atomic E-state index is 0.0368. The van der Waals surface area contributed by atoms with Crippen LogP contribution in [0.25, 0.3) is 0 Å². The van der Waals surface area contributed by atoms with E-state index in [9.17, 15) is 9.90 Å². The molecular formula is C19H25N3O3. The van der Waals surface area contributed by atoms with Crippen LogP contribution >= 0.6 is 0 Å². The number of likely N-dealkylation sites (tertiary alicyclic amines) is 1. The average Bonchev–Trinajstić information content (AvgIpc) is 3.03. The van der Waals surface area contributed by atoms with E-state index in [0.29, 0.717) is 31.5 Å². The second-order valence-electron chi connectivity index (χ2n) is 6.95. The van der Waals surface area contributed by atoms with Crippen molar-refractivity contribution in [1.29, 1.82) is 0 Å². The molecule has 6 nitrogen and oxygen atoms in total. The van der Waals surface area contributed by atoms with E-state index < -0.39 is 5.60 Å². The molecule has 6 heteroatoms. The van der Waals surface area contributed by atoms with Crippen molar-refractivity contribution in [2.45, 2.75) is 32.3 Å². The topological polar surface area (TPSA) is 67.6 Å². The molecule has 25 heavy (non-hydrogen) atoms. The lowest BCUT2D eigenvalue weighted by Gasteiger charge is -2.37. The molecule has 0 unspecified atom stereocenters. The summed E-state index contributed by atoms with van der Waals surface area (Å²) in [6.07, 6.45) is 4.30. The second kappa shape index (κ2) is 6.88. The summed E-state index contributed by atoms with van der Waals surface area (Å²) in [5.41, 5.74) is 2.07. The van der Waals surface area contributed by atoms with Crippen LogP contribution in [0.3, 0.4) is 0 Å². The van der Waals surface area contributed by atoms with Crippen LogP contribution in [0.1, 0.15) is 34.3 Å². The molecule has 0 aliphatic carbocycles. The van der Waals surface area contributed by atoms with Crippen LogP contribution in [-0.2, 0) is 7.05 Å². The van der Waals surface area contributed by atoms with Crippen molar-refractivity contribution in [3.05, 3.63) is 47.3 Å². The van der Waals surface area contributed by atoms with E-state index in [1.807, 2.05) is 25.1 Å². The van der Waals surface area contributed by atoms with Gasteiger partial charge in [-0.1, -0.05) is 6.07 Å². The lowest BCUT2D eigenvalue weighted by atomic mass is 9.92. The smallest absolute Gasteiger partial charge is 0.257 e. The molecule has 134 valence electrons. The summed E-state index contributed by atoms with van der Waals surface area (Å²) in [7, 11) is 1.79. The minimum Gasteiger partial charge on any atom is -0.491 e. The Morgan fingerprint density at radius 2 is 2.00 bits per heavy atom. The minimum atomic E-state index is -0.898. The summed E-state index contributed by atoms with van der Waals surface area (Å²) >= 11 is 0. The summed E-state index contributed by atoms with van der Waals surface area (Å²) in [4.78, 5) is 14.2. The summed E-state index contributed by atoms with van der Waals surface area (Å²) in [6.45, 7) is 5.37. The van der Waals surface area contributed by atoms with Crippen molar-refractivity contribution < 1.29 is 14.6 Å². The van der Waals surface area contributed by atoms with E-state index in [1.54, 1.807) is 29.0 Å². The van der Waals surface area contributed by atoms with Crippen LogP contribution < -0.4 is 4.74 Å². The first-order valence-corrected chi connectivity index (χ1v) is 8.57. The van der Waals surface area contributed by atoms with Crippen molar-refractivity contribution in [2.24, 2.45) is 7.05 Å². The summed E-state index contributed by atoms with van der Waals surface area (Å²) in [5.74, 6) is 0.732. The van der Waals surface area contributed by atoms with Crippen molar-refractivity contribution in [3.8, 4) is 5.75 Å². The molecule has 1 N–H and O–H groups in total. The Hall–Kier alpha value is -2.34. The third-order valence-electron chi connectivity index (χ3n) is 4.92. The third-order valence-corrected chi connectivity index (χ3v) is 4.92. The summed E-state index contributed by atoms with van der Waals surface area (Å²) in [5, 5.41) is 14.8. The van der Waals surface area contributed by atoms with Crippen molar-refractivity contribution >= 4 is 5.91 Å². The molecule has 1 saturated heterocycles. The van der Waals surface area contributed by atoms with Crippen LogP contribution in [0, 0.1) is 13.8 Å². The predicted octanol–water partition coefficient (Wildman–Crippen LogP) is 2.08. The van der Waals surface area contributed by atoms with E-state index in [4.69, 9.17) is 4.74 Å². The Kier molecular flexibility index (Phi) is 4.81. The quantitative estimate of drug-likeness (QED) is 0.923. The highest BCUT2D eigenvalue weighted by Gasteiger charge is 2.35. The lowest BCUT2D eigenvalue weighted by Crippen LogP contribution is -2.49. The van der Waals surface area contributed by atoms with E-state index in [0.717, 1.165) is 5.75 Å². The first-order chi connectivity index (χ1) is 11.9. The maximum Gasteiger partial charge on any atom is 0.257 e. The van der Waals surface area contributed by atoms with Crippen LogP contribution in [-0.4, -0.2) is 51.0 Å². The van der Waals surface area contributed by atoms with E-state index in [-0.39, 0.29) is 12.5 Å². The second-order valence-corrected chi connectivity index (χ2v) is 6.95. The number of amides is 1. The van der Waals surface area contributed by atoms with Crippen LogP contribution in [0.2, 0.25) is 0 Å². The molecule has 1 aromatic carbocycles. The number of benzene rings is 1. The van der Waals surface area contributed by atoms with Gasteiger partial charge in [0, 0.05) is 26.3 Å². The number of carbonyl (C=O) groups excluding carboxylic acids is 1. The molecule has 2 aromatic rings. The maximum absolute atomic E-state index is 12.4. The average molecular weight is 343 g/mol. The molecule has 2 heterocycles. The van der Waals surface area contributed by atoms with Gasteiger partial charge in [0.05, 0.1) is 11.8 Å². The number of rotatable bonds is 4. The molecular weight excluding hydrogens is 318 g/mol. The largest absolute Gasteiger partial charge is 0.491 e. The molecule has 1 aliphatic rings. The van der Waals surface area contributed by atoms with E-state index in [1.165, 1.54) is 11.1 Å². The first kappa shape index (κ1) is 17.5. The number of aromatic nitrogens is 2. The zero-order valence-corrected chi connectivity index (χ0v) is 15.0. The Balaban J connectivity index is 1.55. The highest BCUT2D eigenvalue weighted by Crippen LogP contribution is 2.25. The number of carbonyl (C=O) groups is 1. The number of aliphatic hydroxyl groups is 1. The lowest BCUT2D eigenvalue weighted by molar-refractivity contribution is -0.0475. The van der Waals surface area contributed by atoms with Gasteiger partial charge in [0.2, 0.25) is 0 Å². The Bertz CT molecular complexity index is 761. The molecule has 1 fully saturated rings. The molecule has 1 aromatic heterocycles. The number of nitrogens with zero attached hydrogens (tertiary/aromatic N) is 3. The standard InChI is InChI=1S/C19H25N3O3/c1-14-4-5-17(10-15(14)2)25-13-19(24)6-8-22(9-7-19)18(23)16-11-20-21(3)12-16/h4-5,10-12,24H,6-9,13H2,1-3H3. The first-order valence-electron chi connectivity index (χ1n) is 8.57. The van der Waals surface area contributed by atoms with Gasteiger partial charge in [0.1, 0.15) is 18.0 Å². The van der Waals surface area contributed by atoms with Gasteiger partial charge in [-0.25, -0.2) is 0 Å². The van der Waals surface area contributed by atoms with Gasteiger partial charge in [-0.3, -0.25) is 9.48 Å². The predicted molar refractivity (Wildman–Crippen MR) is 94.7 cm³/mol. The zero-order chi connectivity index (χ0) is 18.0. The van der Waals surface area contributed by atoms with Crippen molar-refractivity contribution in [3.63, 3.8) is 0 Å². The zero-order valence-electron chi connectivity index (χ0n) is 15.0. The van der Waals surface area contributed by atoms with Gasteiger partial charge < -0.3 is 14.7 Å². The monoisotopic (exact) mass is 343 g/mol. The molecule has 0 atom stereocenters.